The number of hydrogen-bond acceptors (Lipinski definition) is 3. The van der Waals surface area contributed by atoms with Gasteiger partial charge in [-0.3, -0.25) is 0 Å². The Bertz CT molecular complexity index is 3790. The molecule has 60 heavy (non-hydrogen) atoms. The molecule has 0 atom stereocenters. The lowest BCUT2D eigenvalue weighted by molar-refractivity contribution is 0.669. The molecule has 13 aromatic rings. The fourth-order valence-electron chi connectivity index (χ4n) is 9.62. The monoisotopic (exact) mass is 766 g/mol. The van der Waals surface area contributed by atoms with Gasteiger partial charge in [0.15, 0.2) is 0 Å². The maximum atomic E-state index is 6.76. The number of aromatic nitrogens is 1. The molecule has 0 unspecified atom stereocenters. The van der Waals surface area contributed by atoms with Gasteiger partial charge in [0.1, 0.15) is 22.3 Å². The molecule has 280 valence electrons. The third-order valence-corrected chi connectivity index (χ3v) is 12.3. The molecule has 0 radical (unpaired) electrons. The number of para-hydroxylation sites is 3. The van der Waals surface area contributed by atoms with Crippen LogP contribution < -0.4 is 4.90 Å². The number of anilines is 3. The van der Waals surface area contributed by atoms with E-state index in [4.69, 9.17) is 8.83 Å². The molecule has 0 N–H and O–H groups in total. The van der Waals surface area contributed by atoms with Crippen molar-refractivity contribution in [2.45, 2.75) is 0 Å². The fourth-order valence-corrected chi connectivity index (χ4v) is 9.62. The summed E-state index contributed by atoms with van der Waals surface area (Å²) in [7, 11) is 0. The van der Waals surface area contributed by atoms with Crippen LogP contribution in [0.5, 0.6) is 0 Å². The Morgan fingerprint density at radius 1 is 0.367 bits per heavy atom. The molecule has 0 saturated carbocycles. The summed E-state index contributed by atoms with van der Waals surface area (Å²) in [5.74, 6) is 0. The summed E-state index contributed by atoms with van der Waals surface area (Å²) in [4.78, 5) is 2.41. The largest absolute Gasteiger partial charge is 0.456 e. The van der Waals surface area contributed by atoms with Crippen molar-refractivity contribution >= 4 is 104 Å². The SMILES string of the molecule is c1ccc(N(c2ccc(-n3c4ccccc4c4ccccc43)cc2)c2cccc3oc4c5ccccc5ccc4c23)c(-c2ccc3oc4cc5ccccc5cc4c3c2)c1. The summed E-state index contributed by atoms with van der Waals surface area (Å²) in [6.07, 6.45) is 0. The topological polar surface area (TPSA) is 34.5 Å². The third-order valence-electron chi connectivity index (χ3n) is 12.3. The number of furan rings is 2. The number of fused-ring (bicyclic) bond motifs is 12. The first-order valence-electron chi connectivity index (χ1n) is 20.4. The zero-order valence-electron chi connectivity index (χ0n) is 32.3. The van der Waals surface area contributed by atoms with Crippen LogP contribution in [0.1, 0.15) is 0 Å². The molecule has 0 fully saturated rings. The van der Waals surface area contributed by atoms with Gasteiger partial charge in [-0.2, -0.15) is 0 Å². The molecule has 0 bridgehead atoms. The first-order chi connectivity index (χ1) is 29.7. The van der Waals surface area contributed by atoms with Crippen LogP contribution in [0.15, 0.2) is 215 Å². The lowest BCUT2D eigenvalue weighted by atomic mass is 9.98. The van der Waals surface area contributed by atoms with Crippen LogP contribution in [0.4, 0.5) is 17.1 Å². The van der Waals surface area contributed by atoms with Gasteiger partial charge in [-0.05, 0) is 107 Å². The molecular formula is C56H34N2O2. The van der Waals surface area contributed by atoms with E-state index in [2.05, 4.69) is 216 Å². The average molecular weight is 767 g/mol. The lowest BCUT2D eigenvalue weighted by Gasteiger charge is -2.28. The zero-order chi connectivity index (χ0) is 39.3. The van der Waals surface area contributed by atoms with Crippen LogP contribution in [0, 0.1) is 0 Å². The van der Waals surface area contributed by atoms with Crippen LogP contribution in [-0.2, 0) is 0 Å². The second-order valence-corrected chi connectivity index (χ2v) is 15.7. The summed E-state index contributed by atoms with van der Waals surface area (Å²) >= 11 is 0. The highest BCUT2D eigenvalue weighted by Gasteiger charge is 2.23. The van der Waals surface area contributed by atoms with Gasteiger partial charge in [-0.1, -0.05) is 121 Å². The van der Waals surface area contributed by atoms with Crippen molar-refractivity contribution in [3.63, 3.8) is 0 Å². The van der Waals surface area contributed by atoms with E-state index in [0.29, 0.717) is 0 Å². The maximum Gasteiger partial charge on any atom is 0.143 e. The van der Waals surface area contributed by atoms with E-state index in [0.717, 1.165) is 88.5 Å². The second-order valence-electron chi connectivity index (χ2n) is 15.7. The molecule has 3 heterocycles. The van der Waals surface area contributed by atoms with Gasteiger partial charge in [0, 0.05) is 49.3 Å². The Morgan fingerprint density at radius 3 is 1.82 bits per heavy atom. The van der Waals surface area contributed by atoms with E-state index >= 15 is 0 Å². The molecular weight excluding hydrogens is 733 g/mol. The number of hydrogen-bond donors (Lipinski definition) is 0. The van der Waals surface area contributed by atoms with Gasteiger partial charge in [0.2, 0.25) is 0 Å². The van der Waals surface area contributed by atoms with Crippen molar-refractivity contribution < 1.29 is 8.83 Å². The van der Waals surface area contributed by atoms with Gasteiger partial charge < -0.3 is 18.3 Å². The van der Waals surface area contributed by atoms with E-state index < -0.39 is 0 Å². The molecule has 13 rings (SSSR count). The molecule has 0 aliphatic heterocycles. The van der Waals surface area contributed by atoms with E-state index in [1.54, 1.807) is 0 Å². The van der Waals surface area contributed by atoms with Crippen LogP contribution in [0.25, 0.3) is 104 Å². The van der Waals surface area contributed by atoms with Crippen LogP contribution in [0.2, 0.25) is 0 Å². The molecule has 3 aromatic heterocycles. The Morgan fingerprint density at radius 2 is 1.02 bits per heavy atom. The van der Waals surface area contributed by atoms with Crippen LogP contribution >= 0.6 is 0 Å². The van der Waals surface area contributed by atoms with E-state index in [-0.39, 0.29) is 0 Å². The average Bonchev–Trinajstić information content (AvgIpc) is 3.98. The van der Waals surface area contributed by atoms with Crippen molar-refractivity contribution in [2.75, 3.05) is 4.90 Å². The van der Waals surface area contributed by atoms with E-state index in [1.165, 1.54) is 32.6 Å². The predicted molar refractivity (Wildman–Crippen MR) is 250 cm³/mol. The molecule has 0 aliphatic rings. The van der Waals surface area contributed by atoms with Crippen molar-refractivity contribution in [1.82, 2.24) is 4.57 Å². The van der Waals surface area contributed by atoms with Crippen LogP contribution in [-0.4, -0.2) is 4.57 Å². The number of benzene rings is 10. The normalized spacial score (nSPS) is 12.0. The second kappa shape index (κ2) is 12.7. The summed E-state index contributed by atoms with van der Waals surface area (Å²) in [6, 6.07) is 73.8. The summed E-state index contributed by atoms with van der Waals surface area (Å²) in [6.45, 7) is 0. The lowest BCUT2D eigenvalue weighted by Crippen LogP contribution is -2.11. The van der Waals surface area contributed by atoms with Gasteiger partial charge in [-0.15, -0.1) is 0 Å². The third kappa shape index (κ3) is 4.85. The van der Waals surface area contributed by atoms with Crippen molar-refractivity contribution in [2.24, 2.45) is 0 Å². The Labute approximate surface area is 344 Å². The zero-order valence-corrected chi connectivity index (χ0v) is 32.3. The minimum atomic E-state index is 0.849. The summed E-state index contributed by atoms with van der Waals surface area (Å²) in [5, 5.41) is 11.5. The van der Waals surface area contributed by atoms with Crippen molar-refractivity contribution in [3.8, 4) is 16.8 Å². The summed E-state index contributed by atoms with van der Waals surface area (Å²) < 4.78 is 15.6. The minimum absolute atomic E-state index is 0.849. The Hall–Kier alpha value is -8.08. The highest BCUT2D eigenvalue weighted by atomic mass is 16.3. The highest BCUT2D eigenvalue weighted by molar-refractivity contribution is 6.20. The van der Waals surface area contributed by atoms with Gasteiger partial charge in [0.25, 0.3) is 0 Å². The molecule has 0 saturated heterocycles. The maximum absolute atomic E-state index is 6.76. The first kappa shape index (κ1) is 32.9. The van der Waals surface area contributed by atoms with Crippen molar-refractivity contribution in [3.05, 3.63) is 206 Å². The molecule has 0 amide bonds. The molecule has 10 aromatic carbocycles. The molecule has 4 nitrogen and oxygen atoms in total. The van der Waals surface area contributed by atoms with Gasteiger partial charge >= 0.3 is 0 Å². The predicted octanol–water partition coefficient (Wildman–Crippen LogP) is 16.0. The number of nitrogens with zero attached hydrogens (tertiary/aromatic N) is 2. The quantitative estimate of drug-likeness (QED) is 0.175. The van der Waals surface area contributed by atoms with Gasteiger partial charge in [0.05, 0.1) is 27.8 Å². The Kier molecular flexibility index (Phi) is 6.98. The van der Waals surface area contributed by atoms with Crippen LogP contribution in [0.3, 0.4) is 0 Å². The summed E-state index contributed by atoms with van der Waals surface area (Å²) in [5.41, 5.74) is 12.3. The smallest absolute Gasteiger partial charge is 0.143 e. The molecule has 4 heteroatoms. The Balaban J connectivity index is 1.04. The fraction of sp³-hybridized carbons (Fsp3) is 0. The number of rotatable bonds is 5. The standard InChI is InChI=1S/C56H34N2O2/c1-2-14-37-34-54-47(32-36(37)13-1)46-33-38(25-31-52(46)59-54)41-15-5-8-19-48(41)58(51-22-11-23-53-55(51)45-30-24-35-12-3-4-16-42(35)56(45)60-53)40-28-26-39(27-29-40)57-49-20-9-6-17-43(49)44-18-7-10-21-50(44)57/h1-34H. The van der Waals surface area contributed by atoms with Gasteiger partial charge in [-0.25, -0.2) is 0 Å². The van der Waals surface area contributed by atoms with E-state index in [1.807, 2.05) is 0 Å². The first-order valence-corrected chi connectivity index (χ1v) is 20.4. The highest BCUT2D eigenvalue weighted by Crippen LogP contribution is 2.48. The van der Waals surface area contributed by atoms with E-state index in [9.17, 15) is 0 Å². The minimum Gasteiger partial charge on any atom is -0.456 e. The van der Waals surface area contributed by atoms with Crippen molar-refractivity contribution in [1.29, 1.82) is 0 Å². The molecule has 0 spiro atoms. The molecule has 0 aliphatic carbocycles.